The molecule has 0 bridgehead atoms. The molecule has 10 nitrogen and oxygen atoms in total. The number of ether oxygens (including phenoxy) is 3. The Hall–Kier alpha value is -6.16. The molecule has 1 N–H and O–H groups in total. The molecule has 2 aliphatic rings. The van der Waals surface area contributed by atoms with Crippen LogP contribution in [0, 0.1) is 18.8 Å². The largest absolute Gasteiger partial charge is 0.874 e. The molecule has 56 heavy (non-hydrogen) atoms. The maximum Gasteiger partial charge on any atom is 0.407 e. The van der Waals surface area contributed by atoms with Crippen molar-refractivity contribution in [2.45, 2.75) is 53.0 Å². The number of para-hydroxylation sites is 1. The number of fused-ring (bicyclic) bond motifs is 1. The van der Waals surface area contributed by atoms with Crippen molar-refractivity contribution in [2.75, 3.05) is 31.3 Å². The SMILES string of the molecule is C=C(C)C(=O)OCCNC(=O)OCCOc1ccc([N+]2=CC(C3C(=O)C(c4ccc(N(c5ccc(C)cc5)C(C)CC(C)C)cc4)=C3[O-])c3ccccc32)cc1. The van der Waals surface area contributed by atoms with E-state index in [9.17, 15) is 19.5 Å². The molecule has 3 unspecified atom stereocenters. The Kier molecular flexibility index (Phi) is 12.4. The first-order valence-electron chi connectivity index (χ1n) is 19.0. The van der Waals surface area contributed by atoms with E-state index in [0.29, 0.717) is 17.2 Å². The van der Waals surface area contributed by atoms with Crippen molar-refractivity contribution in [1.82, 2.24) is 9.89 Å². The molecule has 290 valence electrons. The highest BCUT2D eigenvalue weighted by atomic mass is 16.6. The number of amides is 1. The molecule has 1 amide bonds. The van der Waals surface area contributed by atoms with Crippen LogP contribution in [0.1, 0.15) is 56.7 Å². The Morgan fingerprint density at radius 2 is 1.54 bits per heavy atom. The van der Waals surface area contributed by atoms with Gasteiger partial charge in [-0.3, -0.25) is 4.79 Å². The number of allylic oxidation sites excluding steroid dienone is 2. The standard InChI is InChI=1S/C46H49N3O7/c1-29(2)27-32(6)49(35-15-11-31(5)12-16-35)36-17-13-33(14-18-36)41-43(50)42(44(41)51)39-28-48(40-10-8-7-9-38(39)40)34-19-21-37(22-20-34)54-25-26-56-46(53)47-23-24-55-45(52)30(3)4/h7-22,28-29,32,39,42H,3,23-27H2,1-2,4-6H3,(H-,47,50,51,53). The lowest BCUT2D eigenvalue weighted by atomic mass is 9.70. The van der Waals surface area contributed by atoms with Gasteiger partial charge < -0.3 is 29.5 Å². The van der Waals surface area contributed by atoms with Crippen LogP contribution >= 0.6 is 0 Å². The summed E-state index contributed by atoms with van der Waals surface area (Å²) in [5.41, 5.74) is 7.18. The van der Waals surface area contributed by atoms with E-state index in [1.54, 1.807) is 6.92 Å². The molecule has 4 aromatic carbocycles. The van der Waals surface area contributed by atoms with Gasteiger partial charge in [0.05, 0.1) is 18.4 Å². The van der Waals surface area contributed by atoms with E-state index in [0.717, 1.165) is 34.7 Å². The van der Waals surface area contributed by atoms with Crippen molar-refractivity contribution in [1.29, 1.82) is 0 Å². The van der Waals surface area contributed by atoms with Crippen molar-refractivity contribution in [3.05, 3.63) is 132 Å². The lowest BCUT2D eigenvalue weighted by Gasteiger charge is -2.39. The molecule has 0 spiro atoms. The first-order valence-corrected chi connectivity index (χ1v) is 19.0. The number of nitrogens with zero attached hydrogens (tertiary/aromatic N) is 2. The van der Waals surface area contributed by atoms with Gasteiger partial charge >= 0.3 is 12.1 Å². The second-order valence-corrected chi connectivity index (χ2v) is 14.7. The molecular formula is C46H49N3O7. The summed E-state index contributed by atoms with van der Waals surface area (Å²) in [5.74, 6) is -0.897. The molecule has 1 aliphatic heterocycles. The Bertz CT molecular complexity index is 2140. The second kappa shape index (κ2) is 17.5. The summed E-state index contributed by atoms with van der Waals surface area (Å²) in [7, 11) is 0. The monoisotopic (exact) mass is 755 g/mol. The highest BCUT2D eigenvalue weighted by molar-refractivity contribution is 6.30. The van der Waals surface area contributed by atoms with E-state index in [1.165, 1.54) is 5.56 Å². The summed E-state index contributed by atoms with van der Waals surface area (Å²) in [5, 5.41) is 16.4. The first-order chi connectivity index (χ1) is 26.9. The number of rotatable bonds is 16. The van der Waals surface area contributed by atoms with Gasteiger partial charge in [-0.15, -0.1) is 5.76 Å². The zero-order valence-corrected chi connectivity index (χ0v) is 32.6. The Morgan fingerprint density at radius 1 is 0.875 bits per heavy atom. The maximum absolute atomic E-state index is 13.9. The van der Waals surface area contributed by atoms with Gasteiger partial charge in [0.25, 0.3) is 0 Å². The van der Waals surface area contributed by atoms with E-state index in [1.807, 2.05) is 83.6 Å². The fourth-order valence-corrected chi connectivity index (χ4v) is 7.29. The third-order valence-corrected chi connectivity index (χ3v) is 9.93. The van der Waals surface area contributed by atoms with Gasteiger partial charge in [0.2, 0.25) is 11.4 Å². The normalized spacial score (nSPS) is 16.4. The number of hydrogen-bond donors (Lipinski definition) is 1. The van der Waals surface area contributed by atoms with E-state index in [2.05, 4.69) is 68.8 Å². The highest BCUT2D eigenvalue weighted by Gasteiger charge is 2.46. The molecule has 6 rings (SSSR count). The number of carbonyl (C=O) groups is 3. The molecule has 4 aromatic rings. The lowest BCUT2D eigenvalue weighted by Crippen LogP contribution is -2.40. The molecular weight excluding hydrogens is 707 g/mol. The summed E-state index contributed by atoms with van der Waals surface area (Å²) in [4.78, 5) is 39.5. The third kappa shape index (κ3) is 8.86. The summed E-state index contributed by atoms with van der Waals surface area (Å²) >= 11 is 0. The van der Waals surface area contributed by atoms with E-state index in [4.69, 9.17) is 14.2 Å². The van der Waals surface area contributed by atoms with Crippen LogP contribution < -0.4 is 24.6 Å². The number of nitrogens with one attached hydrogen (secondary N) is 1. The van der Waals surface area contributed by atoms with Gasteiger partial charge in [0.1, 0.15) is 25.6 Å². The number of aryl methyl sites for hydroxylation is 1. The van der Waals surface area contributed by atoms with Crippen molar-refractivity contribution in [2.24, 2.45) is 11.8 Å². The van der Waals surface area contributed by atoms with Crippen molar-refractivity contribution >= 4 is 52.4 Å². The van der Waals surface area contributed by atoms with Crippen LogP contribution in [-0.4, -0.2) is 56.5 Å². The molecule has 0 radical (unpaired) electrons. The number of esters is 1. The van der Waals surface area contributed by atoms with Crippen LogP contribution in [-0.2, 0) is 19.1 Å². The zero-order valence-electron chi connectivity index (χ0n) is 32.6. The van der Waals surface area contributed by atoms with Crippen LogP contribution in [0.3, 0.4) is 0 Å². The second-order valence-electron chi connectivity index (χ2n) is 14.7. The lowest BCUT2D eigenvalue weighted by molar-refractivity contribution is -0.315. The average molecular weight is 756 g/mol. The van der Waals surface area contributed by atoms with Gasteiger partial charge in [-0.05, 0) is 75.1 Å². The van der Waals surface area contributed by atoms with Crippen LogP contribution in [0.4, 0.5) is 27.5 Å². The van der Waals surface area contributed by atoms with Crippen LogP contribution in [0.15, 0.2) is 115 Å². The third-order valence-electron chi connectivity index (χ3n) is 9.93. The molecule has 1 aliphatic carbocycles. The molecule has 0 saturated carbocycles. The smallest absolute Gasteiger partial charge is 0.407 e. The molecule has 0 saturated heterocycles. The molecule has 3 atom stereocenters. The molecule has 0 aromatic heterocycles. The van der Waals surface area contributed by atoms with Crippen LogP contribution in [0.5, 0.6) is 5.75 Å². The summed E-state index contributed by atoms with van der Waals surface area (Å²) < 4.78 is 17.8. The van der Waals surface area contributed by atoms with Gasteiger partial charge in [-0.1, -0.05) is 68.5 Å². The minimum Gasteiger partial charge on any atom is -0.874 e. The van der Waals surface area contributed by atoms with E-state index >= 15 is 0 Å². The predicted octanol–water partition coefficient (Wildman–Crippen LogP) is 7.77. The quantitative estimate of drug-likeness (QED) is 0.0534. The number of Topliss-reactive ketones (excluding diaryl/α,β-unsaturated/α-hetero) is 1. The maximum atomic E-state index is 13.9. The van der Waals surface area contributed by atoms with E-state index in [-0.39, 0.29) is 55.1 Å². The Labute approximate surface area is 328 Å². The molecule has 0 fully saturated rings. The predicted molar refractivity (Wildman–Crippen MR) is 218 cm³/mol. The van der Waals surface area contributed by atoms with Gasteiger partial charge in [0, 0.05) is 52.3 Å². The topological polar surface area (TPSA) is 120 Å². The van der Waals surface area contributed by atoms with Gasteiger partial charge in [-0.25, -0.2) is 9.59 Å². The van der Waals surface area contributed by atoms with Crippen molar-refractivity contribution < 1.29 is 33.7 Å². The fourth-order valence-electron chi connectivity index (χ4n) is 7.29. The van der Waals surface area contributed by atoms with Crippen LogP contribution in [0.2, 0.25) is 0 Å². The highest BCUT2D eigenvalue weighted by Crippen LogP contribution is 2.47. The molecule has 10 heteroatoms. The number of alkyl carbamates (subject to hydrolysis) is 1. The summed E-state index contributed by atoms with van der Waals surface area (Å²) in [6, 6.07) is 31.8. The number of ketones is 1. The number of carbonyl (C=O) groups excluding carboxylic acids is 3. The number of benzene rings is 4. The minimum absolute atomic E-state index is 0.0115. The molecule has 1 heterocycles. The summed E-state index contributed by atoms with van der Waals surface area (Å²) in [6.07, 6.45) is 2.33. The van der Waals surface area contributed by atoms with Crippen molar-refractivity contribution in [3.63, 3.8) is 0 Å². The van der Waals surface area contributed by atoms with Crippen LogP contribution in [0.25, 0.3) is 5.57 Å². The van der Waals surface area contributed by atoms with E-state index < -0.39 is 23.9 Å². The van der Waals surface area contributed by atoms with Crippen molar-refractivity contribution in [3.8, 4) is 5.75 Å². The summed E-state index contributed by atoms with van der Waals surface area (Å²) in [6.45, 7) is 14.1. The fraction of sp³-hybridized carbons (Fsp3) is 0.304. The number of hydrogen-bond acceptors (Lipinski definition) is 8. The minimum atomic E-state index is -0.794. The zero-order chi connectivity index (χ0) is 39.9. The number of anilines is 2. The Morgan fingerprint density at radius 3 is 2.18 bits per heavy atom. The average Bonchev–Trinajstić information content (AvgIpc) is 3.55. The van der Waals surface area contributed by atoms with Gasteiger partial charge in [0.15, 0.2) is 12.0 Å². The van der Waals surface area contributed by atoms with Gasteiger partial charge in [-0.2, -0.15) is 4.58 Å². The Balaban J connectivity index is 1.10. The first kappa shape index (κ1) is 39.5.